The molecule has 0 heterocycles. The molecule has 20 heavy (non-hydrogen) atoms. The fraction of sp³-hybridized carbons (Fsp3) is 0.500. The number of hydrogen-bond acceptors (Lipinski definition) is 3. The molecule has 0 amide bonds. The molecule has 0 aliphatic carbocycles. The molecule has 2 N–H and O–H groups in total. The Kier molecular flexibility index (Phi) is 5.73. The second kappa shape index (κ2) is 6.69. The molecule has 0 fully saturated rings. The number of anilines is 1. The first-order valence-corrected chi connectivity index (χ1v) is 7.95. The molecule has 0 aliphatic heterocycles. The van der Waals surface area contributed by atoms with Gasteiger partial charge in [0.25, 0.3) is 0 Å². The number of rotatable bonds is 6. The third-order valence-corrected chi connectivity index (χ3v) is 4.61. The van der Waals surface area contributed by atoms with Gasteiger partial charge in [-0.25, -0.2) is 17.2 Å². The van der Waals surface area contributed by atoms with Gasteiger partial charge < -0.3 is 5.32 Å². The molecular formula is C12H17ClF2N2O2S. The lowest BCUT2D eigenvalue weighted by molar-refractivity contribution is 0.552. The monoisotopic (exact) mass is 326 g/mol. The third-order valence-electron chi connectivity index (χ3n) is 2.59. The number of hydrogen-bond donors (Lipinski definition) is 2. The van der Waals surface area contributed by atoms with Crippen LogP contribution in [0.5, 0.6) is 0 Å². The Labute approximate surface area is 122 Å². The van der Waals surface area contributed by atoms with E-state index < -0.39 is 32.6 Å². The number of benzene rings is 1. The molecule has 0 spiro atoms. The Morgan fingerprint density at radius 3 is 2.35 bits per heavy atom. The standard InChI is InChI=1S/C12H17ClF2N2O2S/c1-7(2)16-6-8(3)20(18,19)17-12-10(13)4-9(14)5-11(12)15/h4-5,7-8,16-17H,6H2,1-3H3. The average molecular weight is 327 g/mol. The van der Waals surface area contributed by atoms with Crippen molar-refractivity contribution in [1.82, 2.24) is 5.32 Å². The molecule has 0 aliphatic rings. The number of halogens is 3. The summed E-state index contributed by atoms with van der Waals surface area (Å²) in [6, 6.07) is 1.54. The summed E-state index contributed by atoms with van der Waals surface area (Å²) in [7, 11) is -3.83. The van der Waals surface area contributed by atoms with Gasteiger partial charge in [0, 0.05) is 18.7 Å². The van der Waals surface area contributed by atoms with Crippen LogP contribution >= 0.6 is 11.6 Å². The minimum absolute atomic E-state index is 0.124. The fourth-order valence-corrected chi connectivity index (χ4v) is 2.70. The fourth-order valence-electron chi connectivity index (χ4n) is 1.39. The van der Waals surface area contributed by atoms with Gasteiger partial charge in [-0.2, -0.15) is 0 Å². The summed E-state index contributed by atoms with van der Waals surface area (Å²) in [5.41, 5.74) is -0.440. The van der Waals surface area contributed by atoms with Crippen molar-refractivity contribution in [3.63, 3.8) is 0 Å². The van der Waals surface area contributed by atoms with Crippen LogP contribution in [0.1, 0.15) is 20.8 Å². The van der Waals surface area contributed by atoms with Gasteiger partial charge in [-0.3, -0.25) is 4.72 Å². The van der Waals surface area contributed by atoms with Crippen molar-refractivity contribution in [2.45, 2.75) is 32.1 Å². The van der Waals surface area contributed by atoms with Crippen LogP contribution in [0.4, 0.5) is 14.5 Å². The summed E-state index contributed by atoms with van der Waals surface area (Å²) in [6.45, 7) is 5.44. The van der Waals surface area contributed by atoms with E-state index in [1.165, 1.54) is 6.92 Å². The maximum atomic E-state index is 13.6. The van der Waals surface area contributed by atoms with E-state index in [1.807, 2.05) is 13.8 Å². The van der Waals surface area contributed by atoms with E-state index in [0.29, 0.717) is 6.07 Å². The summed E-state index contributed by atoms with van der Waals surface area (Å²) in [5, 5.41) is 1.85. The van der Waals surface area contributed by atoms with Gasteiger partial charge in [-0.1, -0.05) is 25.4 Å². The van der Waals surface area contributed by atoms with Crippen LogP contribution in [0, 0.1) is 11.6 Å². The highest BCUT2D eigenvalue weighted by molar-refractivity contribution is 7.93. The molecule has 8 heteroatoms. The highest BCUT2D eigenvalue weighted by atomic mass is 35.5. The molecule has 0 saturated carbocycles. The van der Waals surface area contributed by atoms with Crippen LogP contribution in [0.25, 0.3) is 0 Å². The van der Waals surface area contributed by atoms with E-state index in [9.17, 15) is 17.2 Å². The van der Waals surface area contributed by atoms with Crippen LogP contribution in [0.15, 0.2) is 12.1 Å². The second-order valence-corrected chi connectivity index (χ2v) is 7.27. The average Bonchev–Trinajstić information content (AvgIpc) is 2.30. The molecule has 0 radical (unpaired) electrons. The van der Waals surface area contributed by atoms with Gasteiger partial charge >= 0.3 is 0 Å². The first-order valence-electron chi connectivity index (χ1n) is 6.03. The minimum Gasteiger partial charge on any atom is -0.313 e. The Balaban J connectivity index is 2.91. The Hall–Kier alpha value is -0.920. The van der Waals surface area contributed by atoms with Crippen LogP contribution in [-0.2, 0) is 10.0 Å². The van der Waals surface area contributed by atoms with Gasteiger partial charge in [-0.05, 0) is 13.0 Å². The second-order valence-electron chi connectivity index (χ2n) is 4.77. The van der Waals surface area contributed by atoms with Gasteiger partial charge in [0.05, 0.1) is 10.3 Å². The minimum atomic E-state index is -3.83. The highest BCUT2D eigenvalue weighted by Crippen LogP contribution is 2.27. The van der Waals surface area contributed by atoms with E-state index in [4.69, 9.17) is 11.6 Å². The predicted octanol–water partition coefficient (Wildman–Crippen LogP) is 2.75. The lowest BCUT2D eigenvalue weighted by Crippen LogP contribution is -2.37. The Morgan fingerprint density at radius 2 is 1.85 bits per heavy atom. The maximum absolute atomic E-state index is 13.6. The lowest BCUT2D eigenvalue weighted by Gasteiger charge is -2.18. The van der Waals surface area contributed by atoms with Crippen LogP contribution < -0.4 is 10.0 Å². The summed E-state index contributed by atoms with van der Waals surface area (Å²) in [6.07, 6.45) is 0. The highest BCUT2D eigenvalue weighted by Gasteiger charge is 2.23. The molecule has 1 atom stereocenters. The number of sulfonamides is 1. The van der Waals surface area contributed by atoms with Gasteiger partial charge in [0.15, 0.2) is 5.82 Å². The van der Waals surface area contributed by atoms with E-state index in [0.717, 1.165) is 6.07 Å². The van der Waals surface area contributed by atoms with Crippen LogP contribution in [-0.4, -0.2) is 26.3 Å². The van der Waals surface area contributed by atoms with E-state index in [1.54, 1.807) is 0 Å². The predicted molar refractivity (Wildman–Crippen MR) is 76.5 cm³/mol. The van der Waals surface area contributed by atoms with Crippen molar-refractivity contribution in [1.29, 1.82) is 0 Å². The van der Waals surface area contributed by atoms with Gasteiger partial charge in [-0.15, -0.1) is 0 Å². The summed E-state index contributed by atoms with van der Waals surface area (Å²) < 4.78 is 52.6. The lowest BCUT2D eigenvalue weighted by atomic mass is 10.3. The first kappa shape index (κ1) is 17.1. The van der Waals surface area contributed by atoms with Gasteiger partial charge in [0.1, 0.15) is 11.5 Å². The van der Waals surface area contributed by atoms with Crippen molar-refractivity contribution in [2.75, 3.05) is 11.3 Å². The van der Waals surface area contributed by atoms with Crippen molar-refractivity contribution >= 4 is 27.3 Å². The Bertz CT molecular complexity index is 556. The largest absolute Gasteiger partial charge is 0.313 e. The van der Waals surface area contributed by atoms with Crippen molar-refractivity contribution in [3.05, 3.63) is 28.8 Å². The molecule has 1 aromatic carbocycles. The molecule has 1 aromatic rings. The molecule has 4 nitrogen and oxygen atoms in total. The molecule has 1 unspecified atom stereocenters. The zero-order valence-corrected chi connectivity index (χ0v) is 12.9. The normalized spacial score (nSPS) is 13.6. The first-order chi connectivity index (χ1) is 9.13. The van der Waals surface area contributed by atoms with E-state index in [-0.39, 0.29) is 17.6 Å². The third kappa shape index (κ3) is 4.57. The maximum Gasteiger partial charge on any atom is 0.236 e. The van der Waals surface area contributed by atoms with Crippen molar-refractivity contribution < 1.29 is 17.2 Å². The number of nitrogens with one attached hydrogen (secondary N) is 2. The van der Waals surface area contributed by atoms with E-state index in [2.05, 4.69) is 10.0 Å². The SMILES string of the molecule is CC(C)NCC(C)S(=O)(=O)Nc1c(F)cc(F)cc1Cl. The van der Waals surface area contributed by atoms with Gasteiger partial charge in [0.2, 0.25) is 10.0 Å². The molecular weight excluding hydrogens is 310 g/mol. The molecule has 1 rings (SSSR count). The molecule has 0 aromatic heterocycles. The summed E-state index contributed by atoms with van der Waals surface area (Å²) in [4.78, 5) is 0. The summed E-state index contributed by atoms with van der Waals surface area (Å²) >= 11 is 5.65. The van der Waals surface area contributed by atoms with Crippen molar-refractivity contribution in [3.8, 4) is 0 Å². The Morgan fingerprint density at radius 1 is 1.25 bits per heavy atom. The van der Waals surface area contributed by atoms with E-state index >= 15 is 0 Å². The van der Waals surface area contributed by atoms with Crippen molar-refractivity contribution in [2.24, 2.45) is 0 Å². The smallest absolute Gasteiger partial charge is 0.236 e. The van der Waals surface area contributed by atoms with Crippen LogP contribution in [0.2, 0.25) is 5.02 Å². The molecule has 0 bridgehead atoms. The summed E-state index contributed by atoms with van der Waals surface area (Å²) in [5.74, 6) is -1.92. The molecule has 0 saturated heterocycles. The quantitative estimate of drug-likeness (QED) is 0.845. The zero-order valence-electron chi connectivity index (χ0n) is 11.4. The van der Waals surface area contributed by atoms with Crippen LogP contribution in [0.3, 0.4) is 0 Å². The molecule has 114 valence electrons. The topological polar surface area (TPSA) is 58.2 Å². The zero-order chi connectivity index (χ0) is 15.5.